The Kier molecular flexibility index (Phi) is 2.14. The number of carbonyl (C=O) groups is 3. The Morgan fingerprint density at radius 3 is 2.69 bits per heavy atom. The quantitative estimate of drug-likeness (QED) is 0.305. The molecule has 1 saturated heterocycles. The Morgan fingerprint density at radius 2 is 2.12 bits per heavy atom. The molecule has 0 radical (unpaired) electrons. The van der Waals surface area contributed by atoms with Gasteiger partial charge in [-0.05, 0) is 15.9 Å². The van der Waals surface area contributed by atoms with Gasteiger partial charge in [0.25, 0.3) is 10.5 Å². The molecule has 1 fully saturated rings. The summed E-state index contributed by atoms with van der Waals surface area (Å²) in [7, 11) is 0. The first-order chi connectivity index (χ1) is 7.41. The van der Waals surface area contributed by atoms with Crippen LogP contribution in [-0.4, -0.2) is 37.7 Å². The van der Waals surface area contributed by atoms with Crippen molar-refractivity contribution < 1.29 is 14.4 Å². The predicted molar refractivity (Wildman–Crippen MR) is 54.2 cm³/mol. The fourth-order valence-electron chi connectivity index (χ4n) is 1.25. The van der Waals surface area contributed by atoms with Gasteiger partial charge in [-0.1, -0.05) is 0 Å². The highest BCUT2D eigenvalue weighted by Gasteiger charge is 2.62. The number of amides is 5. The van der Waals surface area contributed by atoms with E-state index < -0.39 is 22.5 Å². The third-order valence-corrected chi connectivity index (χ3v) is 3.13. The van der Waals surface area contributed by atoms with Crippen LogP contribution in [0, 0.1) is 6.57 Å². The SMILES string of the molecule is [C-]#[N+]N1C(=O)N(Cl)C(=O)C2=NC(=O)NC21Br. The summed E-state index contributed by atoms with van der Waals surface area (Å²) >= 11 is 8.30. The molecule has 10 heteroatoms. The zero-order valence-electron chi connectivity index (χ0n) is 7.27. The third-order valence-electron chi connectivity index (χ3n) is 1.92. The number of hydrogen-bond acceptors (Lipinski definition) is 3. The number of imide groups is 1. The van der Waals surface area contributed by atoms with E-state index in [0.29, 0.717) is 5.01 Å². The maximum Gasteiger partial charge on any atom is 0.411 e. The number of hydrogen-bond donors (Lipinski definition) is 1. The third kappa shape index (κ3) is 1.14. The number of halogens is 2. The first kappa shape index (κ1) is 10.8. The molecule has 82 valence electrons. The molecule has 0 saturated carbocycles. The van der Waals surface area contributed by atoms with E-state index in [-0.39, 0.29) is 10.1 Å². The number of aliphatic imine (C=N–C) groups is 1. The summed E-state index contributed by atoms with van der Waals surface area (Å²) in [6.07, 6.45) is 0. The lowest BCUT2D eigenvalue weighted by Gasteiger charge is -2.31. The fourth-order valence-corrected chi connectivity index (χ4v) is 2.06. The topological polar surface area (TPSA) is 86.4 Å². The smallest absolute Gasteiger partial charge is 0.293 e. The van der Waals surface area contributed by atoms with Crippen LogP contribution in [0.15, 0.2) is 4.99 Å². The molecule has 16 heavy (non-hydrogen) atoms. The fraction of sp³-hybridized carbons (Fsp3) is 0.167. The lowest BCUT2D eigenvalue weighted by molar-refractivity contribution is -0.119. The van der Waals surface area contributed by atoms with Gasteiger partial charge in [0, 0.05) is 16.8 Å². The van der Waals surface area contributed by atoms with E-state index in [1.54, 1.807) is 0 Å². The van der Waals surface area contributed by atoms with Crippen molar-refractivity contribution in [3.63, 3.8) is 0 Å². The Morgan fingerprint density at radius 1 is 1.50 bits per heavy atom. The molecule has 1 atom stereocenters. The standard InChI is InChI=1S/C6HBrClN5O3/c1-9-13-5(16)12(8)3(14)2-6(13,7)11-4(15)10-2/h(H,11,15). The van der Waals surface area contributed by atoms with Crippen molar-refractivity contribution in [3.05, 3.63) is 11.5 Å². The van der Waals surface area contributed by atoms with Crippen LogP contribution in [-0.2, 0) is 4.79 Å². The van der Waals surface area contributed by atoms with E-state index in [4.69, 9.17) is 18.3 Å². The number of carbonyl (C=O) groups excluding carboxylic acids is 3. The molecule has 2 heterocycles. The van der Waals surface area contributed by atoms with Gasteiger partial charge in [0.2, 0.25) is 0 Å². The molecule has 2 rings (SSSR count). The van der Waals surface area contributed by atoms with Crippen molar-refractivity contribution in [1.29, 1.82) is 0 Å². The number of urea groups is 2. The van der Waals surface area contributed by atoms with Crippen molar-refractivity contribution in [3.8, 4) is 0 Å². The first-order valence-electron chi connectivity index (χ1n) is 3.74. The highest BCUT2D eigenvalue weighted by Crippen LogP contribution is 2.33. The molecule has 0 bridgehead atoms. The number of nitrogens with zero attached hydrogens (tertiary/aromatic N) is 4. The minimum Gasteiger partial charge on any atom is -0.293 e. The second kappa shape index (κ2) is 3.16. The van der Waals surface area contributed by atoms with Crippen molar-refractivity contribution >= 4 is 51.4 Å². The molecule has 0 aromatic heterocycles. The maximum absolute atomic E-state index is 11.5. The van der Waals surface area contributed by atoms with E-state index in [2.05, 4.69) is 31.2 Å². The summed E-state index contributed by atoms with van der Waals surface area (Å²) < 4.78 is -1.54. The Bertz CT molecular complexity index is 499. The lowest BCUT2D eigenvalue weighted by Crippen LogP contribution is -2.66. The van der Waals surface area contributed by atoms with Gasteiger partial charge < -0.3 is 0 Å². The number of fused-ring (bicyclic) bond motifs is 1. The van der Waals surface area contributed by atoms with Gasteiger partial charge in [-0.15, -0.1) is 4.95 Å². The van der Waals surface area contributed by atoms with Gasteiger partial charge in [0.15, 0.2) is 5.71 Å². The molecule has 1 unspecified atom stereocenters. The van der Waals surface area contributed by atoms with Crippen LogP contribution in [0.5, 0.6) is 0 Å². The molecular weight excluding hydrogens is 305 g/mol. The van der Waals surface area contributed by atoms with Crippen molar-refractivity contribution in [2.75, 3.05) is 0 Å². The van der Waals surface area contributed by atoms with E-state index in [9.17, 15) is 14.4 Å². The van der Waals surface area contributed by atoms with E-state index >= 15 is 0 Å². The second-order valence-corrected chi connectivity index (χ2v) is 4.28. The van der Waals surface area contributed by atoms with Gasteiger partial charge in [0.1, 0.15) is 0 Å². The van der Waals surface area contributed by atoms with Crippen molar-refractivity contribution in [2.24, 2.45) is 4.99 Å². The molecule has 0 aromatic rings. The minimum atomic E-state index is -1.73. The summed E-state index contributed by atoms with van der Waals surface area (Å²) in [6.45, 7) is 6.82. The Labute approximate surface area is 102 Å². The monoisotopic (exact) mass is 305 g/mol. The summed E-state index contributed by atoms with van der Waals surface area (Å²) in [6, 6.07) is -1.91. The van der Waals surface area contributed by atoms with Gasteiger partial charge in [-0.2, -0.15) is 16.0 Å². The number of alkyl halides is 1. The van der Waals surface area contributed by atoms with Crippen molar-refractivity contribution in [2.45, 2.75) is 4.57 Å². The molecule has 2 aliphatic heterocycles. The molecule has 8 nitrogen and oxygen atoms in total. The summed E-state index contributed by atoms with van der Waals surface area (Å²) in [4.78, 5) is 40.3. The number of rotatable bonds is 0. The van der Waals surface area contributed by atoms with Crippen LogP contribution in [0.1, 0.15) is 0 Å². The molecule has 0 aromatic carbocycles. The van der Waals surface area contributed by atoms with Crippen LogP contribution in [0.3, 0.4) is 0 Å². The van der Waals surface area contributed by atoms with Gasteiger partial charge in [-0.25, -0.2) is 9.59 Å². The van der Waals surface area contributed by atoms with Crippen LogP contribution in [0.25, 0.3) is 4.95 Å². The zero-order valence-corrected chi connectivity index (χ0v) is 9.61. The summed E-state index contributed by atoms with van der Waals surface area (Å²) in [5, 5.41) is 2.65. The molecular formula is C6HBrClN5O3. The number of nitrogens with one attached hydrogen (secondary N) is 1. The molecule has 5 amide bonds. The molecule has 2 aliphatic rings. The maximum atomic E-state index is 11.5. The molecule has 1 N–H and O–H groups in total. The summed E-state index contributed by atoms with van der Waals surface area (Å²) in [5.41, 5.74) is -0.358. The van der Waals surface area contributed by atoms with Crippen LogP contribution in [0.2, 0.25) is 0 Å². The highest BCUT2D eigenvalue weighted by molar-refractivity contribution is 9.10. The van der Waals surface area contributed by atoms with Gasteiger partial charge in [-0.3, -0.25) is 10.1 Å². The predicted octanol–water partition coefficient (Wildman–Crippen LogP) is 0.452. The normalized spacial score (nSPS) is 28.6. The average molecular weight is 306 g/mol. The van der Waals surface area contributed by atoms with Crippen LogP contribution >= 0.6 is 27.7 Å². The lowest BCUT2D eigenvalue weighted by atomic mass is 10.2. The first-order valence-corrected chi connectivity index (χ1v) is 4.87. The molecule has 0 aliphatic carbocycles. The Hall–Kier alpha value is -1.66. The van der Waals surface area contributed by atoms with E-state index in [0.717, 1.165) is 0 Å². The minimum absolute atomic E-state index is 0.191. The molecule has 0 spiro atoms. The van der Waals surface area contributed by atoms with E-state index in [1.165, 1.54) is 0 Å². The Balaban J connectivity index is 2.59. The van der Waals surface area contributed by atoms with Crippen LogP contribution < -0.4 is 5.32 Å². The van der Waals surface area contributed by atoms with Gasteiger partial charge in [0.05, 0.1) is 0 Å². The summed E-state index contributed by atoms with van der Waals surface area (Å²) in [5.74, 6) is -0.957. The van der Waals surface area contributed by atoms with Gasteiger partial charge >= 0.3 is 12.1 Å². The van der Waals surface area contributed by atoms with Crippen LogP contribution in [0.4, 0.5) is 9.59 Å². The highest BCUT2D eigenvalue weighted by atomic mass is 79.9. The largest absolute Gasteiger partial charge is 0.411 e. The van der Waals surface area contributed by atoms with E-state index in [1.807, 2.05) is 0 Å². The zero-order chi connectivity index (χ0) is 12.1. The second-order valence-electron chi connectivity index (χ2n) is 2.79. The average Bonchev–Trinajstić information content (AvgIpc) is 2.52. The van der Waals surface area contributed by atoms with Crippen molar-refractivity contribution in [1.82, 2.24) is 14.7 Å².